The van der Waals surface area contributed by atoms with Crippen LogP contribution in [0.3, 0.4) is 0 Å². The number of fused-ring (bicyclic) bond motifs is 1. The van der Waals surface area contributed by atoms with Crippen LogP contribution in [-0.2, 0) is 4.79 Å². The number of nitrogens with zero attached hydrogens (tertiary/aromatic N) is 2. The van der Waals surface area contributed by atoms with Gasteiger partial charge >= 0.3 is 0 Å². The van der Waals surface area contributed by atoms with Gasteiger partial charge in [-0.2, -0.15) is 0 Å². The molecule has 1 heterocycles. The molecule has 0 radical (unpaired) electrons. The normalized spacial score (nSPS) is 20.4. The van der Waals surface area contributed by atoms with Crippen LogP contribution in [0.2, 0.25) is 0 Å². The van der Waals surface area contributed by atoms with Crippen molar-refractivity contribution in [2.24, 2.45) is 11.7 Å². The Morgan fingerprint density at radius 3 is 2.58 bits per heavy atom. The molecule has 4 rings (SSSR count). The van der Waals surface area contributed by atoms with Crippen molar-refractivity contribution in [2.45, 2.75) is 25.3 Å². The summed E-state index contributed by atoms with van der Waals surface area (Å²) in [5.74, 6) is 0.548. The van der Waals surface area contributed by atoms with Crippen molar-refractivity contribution in [3.05, 3.63) is 54.6 Å². The average molecular weight is 320 g/mol. The Labute approximate surface area is 140 Å². The molecule has 24 heavy (non-hydrogen) atoms. The van der Waals surface area contributed by atoms with E-state index in [4.69, 9.17) is 5.73 Å². The van der Waals surface area contributed by atoms with Gasteiger partial charge in [-0.1, -0.05) is 30.3 Å². The highest BCUT2D eigenvalue weighted by Gasteiger charge is 2.28. The van der Waals surface area contributed by atoms with E-state index in [0.717, 1.165) is 36.0 Å². The average Bonchev–Trinajstić information content (AvgIpc) is 3.19. The second kappa shape index (κ2) is 6.09. The molecule has 0 aliphatic heterocycles. The van der Waals surface area contributed by atoms with Crippen molar-refractivity contribution in [3.63, 3.8) is 0 Å². The smallest absolute Gasteiger partial charge is 0.229 e. The van der Waals surface area contributed by atoms with Crippen molar-refractivity contribution in [1.82, 2.24) is 9.55 Å². The molecule has 2 atom stereocenters. The summed E-state index contributed by atoms with van der Waals surface area (Å²) in [5, 5.41) is 3.02. The maximum Gasteiger partial charge on any atom is 0.229 e. The molecule has 3 aromatic rings. The molecule has 0 saturated heterocycles. The lowest BCUT2D eigenvalue weighted by molar-refractivity contribution is -0.119. The first kappa shape index (κ1) is 14.9. The first-order valence-electron chi connectivity index (χ1n) is 8.32. The summed E-state index contributed by atoms with van der Waals surface area (Å²) in [6.07, 6.45) is 2.50. The Balaban J connectivity index is 1.73. The van der Waals surface area contributed by atoms with Crippen LogP contribution in [-0.4, -0.2) is 21.5 Å². The highest BCUT2D eigenvalue weighted by Crippen LogP contribution is 2.28. The molecular formula is C19H20N4O. The zero-order chi connectivity index (χ0) is 16.5. The monoisotopic (exact) mass is 320 g/mol. The first-order valence-corrected chi connectivity index (χ1v) is 8.32. The number of hydrogen-bond acceptors (Lipinski definition) is 3. The molecule has 5 nitrogen and oxygen atoms in total. The molecule has 1 fully saturated rings. The molecule has 0 bridgehead atoms. The van der Waals surface area contributed by atoms with Gasteiger partial charge in [0, 0.05) is 17.6 Å². The number of aromatic nitrogens is 2. The van der Waals surface area contributed by atoms with Crippen molar-refractivity contribution in [1.29, 1.82) is 0 Å². The number of nitrogens with two attached hydrogens (primary N) is 1. The fourth-order valence-corrected chi connectivity index (χ4v) is 3.42. The SMILES string of the molecule is NC1CCC(C(=O)Nc2nc3ccccc3n2-c2ccccc2)C1. The van der Waals surface area contributed by atoms with Gasteiger partial charge in [-0.25, -0.2) is 4.98 Å². The molecule has 3 N–H and O–H groups in total. The van der Waals surface area contributed by atoms with Crippen LogP contribution in [0.4, 0.5) is 5.95 Å². The maximum absolute atomic E-state index is 12.6. The van der Waals surface area contributed by atoms with E-state index in [1.54, 1.807) is 0 Å². The van der Waals surface area contributed by atoms with E-state index in [1.807, 2.05) is 59.2 Å². The molecule has 2 unspecified atom stereocenters. The molecule has 0 spiro atoms. The summed E-state index contributed by atoms with van der Waals surface area (Å²) >= 11 is 0. The highest BCUT2D eigenvalue weighted by atomic mass is 16.2. The fraction of sp³-hybridized carbons (Fsp3) is 0.263. The van der Waals surface area contributed by atoms with E-state index in [2.05, 4.69) is 10.3 Å². The molecule has 1 aromatic heterocycles. The highest BCUT2D eigenvalue weighted by molar-refractivity contribution is 5.94. The lowest BCUT2D eigenvalue weighted by atomic mass is 10.1. The number of hydrogen-bond donors (Lipinski definition) is 2. The van der Waals surface area contributed by atoms with E-state index in [9.17, 15) is 4.79 Å². The number of rotatable bonds is 3. The number of benzene rings is 2. The summed E-state index contributed by atoms with van der Waals surface area (Å²) in [7, 11) is 0. The second-order valence-electron chi connectivity index (χ2n) is 6.35. The minimum atomic E-state index is -0.0240. The molecule has 5 heteroatoms. The number of nitrogens with one attached hydrogen (secondary N) is 1. The van der Waals surface area contributed by atoms with Gasteiger partial charge in [0.05, 0.1) is 11.0 Å². The van der Waals surface area contributed by atoms with Gasteiger partial charge in [-0.3, -0.25) is 14.7 Å². The van der Waals surface area contributed by atoms with Crippen LogP contribution >= 0.6 is 0 Å². The third kappa shape index (κ3) is 2.67. The summed E-state index contributed by atoms with van der Waals surface area (Å²) in [5.41, 5.74) is 8.75. The minimum absolute atomic E-state index is 0.00966. The Bertz CT molecular complexity index is 871. The zero-order valence-electron chi connectivity index (χ0n) is 13.4. The predicted molar refractivity (Wildman–Crippen MR) is 95.0 cm³/mol. The Kier molecular flexibility index (Phi) is 3.78. The lowest BCUT2D eigenvalue weighted by Gasteiger charge is -2.13. The van der Waals surface area contributed by atoms with Gasteiger partial charge in [0.25, 0.3) is 0 Å². The van der Waals surface area contributed by atoms with Crippen LogP contribution < -0.4 is 11.1 Å². The topological polar surface area (TPSA) is 72.9 Å². The molecule has 1 saturated carbocycles. The van der Waals surface area contributed by atoms with E-state index >= 15 is 0 Å². The van der Waals surface area contributed by atoms with Crippen LogP contribution in [0, 0.1) is 5.92 Å². The van der Waals surface area contributed by atoms with E-state index in [0.29, 0.717) is 5.95 Å². The predicted octanol–water partition coefficient (Wildman–Crippen LogP) is 3.09. The van der Waals surface area contributed by atoms with Crippen LogP contribution in [0.5, 0.6) is 0 Å². The lowest BCUT2D eigenvalue weighted by Crippen LogP contribution is -2.24. The molecule has 2 aromatic carbocycles. The van der Waals surface area contributed by atoms with Gasteiger partial charge in [0.2, 0.25) is 11.9 Å². The summed E-state index contributed by atoms with van der Waals surface area (Å²) in [4.78, 5) is 17.2. The van der Waals surface area contributed by atoms with Crippen molar-refractivity contribution in [2.75, 3.05) is 5.32 Å². The van der Waals surface area contributed by atoms with Gasteiger partial charge in [-0.05, 0) is 43.5 Å². The number of anilines is 1. The molecule has 1 aliphatic rings. The number of imidazole rings is 1. The number of amides is 1. The standard InChI is InChI=1S/C19H20N4O/c20-14-11-10-13(12-14)18(24)22-19-21-16-8-4-5-9-17(16)23(19)15-6-2-1-3-7-15/h1-9,13-14H,10-12,20H2,(H,21,22,24). The fourth-order valence-electron chi connectivity index (χ4n) is 3.42. The molecule has 122 valence electrons. The largest absolute Gasteiger partial charge is 0.328 e. The molecule has 1 aliphatic carbocycles. The summed E-state index contributed by atoms with van der Waals surface area (Å²) in [6, 6.07) is 18.0. The maximum atomic E-state index is 12.6. The number of carbonyl (C=O) groups excluding carboxylic acids is 1. The third-order valence-corrected chi connectivity index (χ3v) is 4.65. The van der Waals surface area contributed by atoms with E-state index in [1.165, 1.54) is 0 Å². The number of para-hydroxylation sites is 3. The van der Waals surface area contributed by atoms with Gasteiger partial charge in [0.1, 0.15) is 0 Å². The van der Waals surface area contributed by atoms with Crippen molar-refractivity contribution < 1.29 is 4.79 Å². The van der Waals surface area contributed by atoms with Crippen LogP contribution in [0.1, 0.15) is 19.3 Å². The third-order valence-electron chi connectivity index (χ3n) is 4.65. The quantitative estimate of drug-likeness (QED) is 0.779. The van der Waals surface area contributed by atoms with Gasteiger partial charge in [-0.15, -0.1) is 0 Å². The summed E-state index contributed by atoms with van der Waals surface area (Å²) < 4.78 is 1.99. The van der Waals surface area contributed by atoms with Gasteiger partial charge < -0.3 is 5.73 Å². The van der Waals surface area contributed by atoms with Crippen molar-refractivity contribution >= 4 is 22.9 Å². The summed E-state index contributed by atoms with van der Waals surface area (Å²) in [6.45, 7) is 0. The van der Waals surface area contributed by atoms with Crippen LogP contribution in [0.15, 0.2) is 54.6 Å². The first-order chi connectivity index (χ1) is 11.7. The molecule has 1 amide bonds. The minimum Gasteiger partial charge on any atom is -0.328 e. The Morgan fingerprint density at radius 2 is 1.83 bits per heavy atom. The zero-order valence-corrected chi connectivity index (χ0v) is 13.4. The van der Waals surface area contributed by atoms with E-state index in [-0.39, 0.29) is 17.9 Å². The van der Waals surface area contributed by atoms with Crippen molar-refractivity contribution in [3.8, 4) is 5.69 Å². The Hall–Kier alpha value is -2.66. The molecular weight excluding hydrogens is 300 g/mol. The van der Waals surface area contributed by atoms with Crippen LogP contribution in [0.25, 0.3) is 16.7 Å². The van der Waals surface area contributed by atoms with Gasteiger partial charge in [0.15, 0.2) is 0 Å². The van der Waals surface area contributed by atoms with E-state index < -0.39 is 0 Å². The Morgan fingerprint density at radius 1 is 1.08 bits per heavy atom. The number of carbonyl (C=O) groups is 1. The second-order valence-corrected chi connectivity index (χ2v) is 6.35.